The molecule has 2 fully saturated rings. The average molecular weight is 336 g/mol. The van der Waals surface area contributed by atoms with Crippen molar-refractivity contribution in [1.82, 2.24) is 0 Å². The van der Waals surface area contributed by atoms with E-state index in [0.717, 1.165) is 12.0 Å². The maximum Gasteiger partial charge on any atom is 0.415 e. The van der Waals surface area contributed by atoms with Crippen LogP contribution < -0.4 is 10.6 Å². The molecule has 0 bridgehead atoms. The second kappa shape index (κ2) is 6.41. The number of hydrogen-bond acceptors (Lipinski definition) is 5. The third-order valence-corrected chi connectivity index (χ3v) is 5.90. The topological polar surface area (TPSA) is 89.7 Å². The Hall–Kier alpha value is -1.73. The molecule has 1 amide bonds. The number of rotatable bonds is 3. The lowest BCUT2D eigenvalue weighted by molar-refractivity contribution is -0.123. The van der Waals surface area contributed by atoms with Crippen LogP contribution in [-0.4, -0.2) is 46.3 Å². The van der Waals surface area contributed by atoms with E-state index in [9.17, 15) is 13.8 Å². The van der Waals surface area contributed by atoms with E-state index in [0.29, 0.717) is 17.2 Å². The van der Waals surface area contributed by atoms with Gasteiger partial charge in [0.05, 0.1) is 6.54 Å². The van der Waals surface area contributed by atoms with E-state index in [1.54, 1.807) is 0 Å². The van der Waals surface area contributed by atoms with Crippen LogP contribution in [0.25, 0.3) is 0 Å². The van der Waals surface area contributed by atoms with E-state index >= 15 is 0 Å². The minimum atomic E-state index is -0.811. The van der Waals surface area contributed by atoms with Crippen molar-refractivity contribution in [2.45, 2.75) is 31.4 Å². The van der Waals surface area contributed by atoms with Gasteiger partial charge in [0.15, 0.2) is 11.9 Å². The first kappa shape index (κ1) is 16.1. The molecule has 2 N–H and O–H groups in total. The van der Waals surface area contributed by atoms with E-state index in [2.05, 4.69) is 0 Å². The van der Waals surface area contributed by atoms with Gasteiger partial charge in [-0.2, -0.15) is 0 Å². The summed E-state index contributed by atoms with van der Waals surface area (Å²) in [6.07, 6.45) is -0.377. The van der Waals surface area contributed by atoms with Gasteiger partial charge in [0.25, 0.3) is 0 Å². The second-order valence-corrected chi connectivity index (χ2v) is 7.68. The van der Waals surface area contributed by atoms with Crippen molar-refractivity contribution in [3.05, 3.63) is 29.8 Å². The summed E-state index contributed by atoms with van der Waals surface area (Å²) in [4.78, 5) is 24.7. The first-order valence-corrected chi connectivity index (χ1v) is 9.13. The first-order valence-electron chi connectivity index (χ1n) is 7.65. The molecule has 2 heterocycles. The van der Waals surface area contributed by atoms with Gasteiger partial charge in [-0.15, -0.1) is 0 Å². The molecule has 2 aliphatic rings. The SMILES string of the molecule is CC(=O)C1CN(c2ccc(C3CCS(=O)CC3N)cc2)C(=O)O1. The van der Waals surface area contributed by atoms with Crippen molar-refractivity contribution >= 4 is 28.4 Å². The Labute approximate surface area is 137 Å². The van der Waals surface area contributed by atoms with E-state index in [1.807, 2.05) is 24.3 Å². The number of hydrogen-bond donors (Lipinski definition) is 1. The third-order valence-electron chi connectivity index (χ3n) is 4.45. The molecule has 1 aromatic carbocycles. The summed E-state index contributed by atoms with van der Waals surface area (Å²) in [6.45, 7) is 1.66. The van der Waals surface area contributed by atoms with Crippen LogP contribution in [0.15, 0.2) is 24.3 Å². The van der Waals surface area contributed by atoms with Crippen molar-refractivity contribution < 1.29 is 18.5 Å². The summed E-state index contributed by atoms with van der Waals surface area (Å²) in [5.74, 6) is 1.25. The highest BCUT2D eigenvalue weighted by molar-refractivity contribution is 7.85. The molecule has 7 heteroatoms. The fourth-order valence-corrected chi connectivity index (χ4v) is 4.43. The summed E-state index contributed by atoms with van der Waals surface area (Å²) in [7, 11) is -0.811. The first-order chi connectivity index (χ1) is 11.0. The van der Waals surface area contributed by atoms with Crippen LogP contribution in [0, 0.1) is 0 Å². The number of ether oxygens (including phenoxy) is 1. The van der Waals surface area contributed by atoms with Crippen molar-refractivity contribution in [2.24, 2.45) is 5.73 Å². The summed E-state index contributed by atoms with van der Waals surface area (Å²) in [5.41, 5.74) is 7.92. The van der Waals surface area contributed by atoms with Crippen molar-refractivity contribution in [3.63, 3.8) is 0 Å². The summed E-state index contributed by atoms with van der Waals surface area (Å²) in [5, 5.41) is 0. The maximum atomic E-state index is 11.9. The monoisotopic (exact) mass is 336 g/mol. The highest BCUT2D eigenvalue weighted by Gasteiger charge is 2.35. The smallest absolute Gasteiger partial charge is 0.415 e. The van der Waals surface area contributed by atoms with Crippen LogP contribution in [0.1, 0.15) is 24.8 Å². The molecule has 0 radical (unpaired) electrons. The number of benzene rings is 1. The summed E-state index contributed by atoms with van der Waals surface area (Å²) < 4.78 is 16.6. The zero-order chi connectivity index (χ0) is 16.6. The second-order valence-electron chi connectivity index (χ2n) is 6.05. The summed E-state index contributed by atoms with van der Waals surface area (Å²) >= 11 is 0. The van der Waals surface area contributed by atoms with E-state index < -0.39 is 23.0 Å². The van der Waals surface area contributed by atoms with Crippen LogP contribution in [0.3, 0.4) is 0 Å². The number of nitrogens with zero attached hydrogens (tertiary/aromatic N) is 1. The normalized spacial score (nSPS) is 31.0. The lowest BCUT2D eigenvalue weighted by atomic mass is 9.90. The predicted octanol–water partition coefficient (Wildman–Crippen LogP) is 1.16. The number of anilines is 1. The van der Waals surface area contributed by atoms with Crippen LogP contribution in [0.2, 0.25) is 0 Å². The molecule has 1 aromatic rings. The van der Waals surface area contributed by atoms with Gasteiger partial charge in [0, 0.05) is 40.0 Å². The number of carbonyl (C=O) groups is 2. The fourth-order valence-electron chi connectivity index (χ4n) is 3.09. The Bertz CT molecular complexity index is 646. The number of ketones is 1. The maximum absolute atomic E-state index is 11.9. The van der Waals surface area contributed by atoms with Crippen LogP contribution in [-0.2, 0) is 20.3 Å². The van der Waals surface area contributed by atoms with Crippen LogP contribution >= 0.6 is 0 Å². The number of cyclic esters (lactones) is 1. The molecule has 0 aromatic heterocycles. The Kier molecular flexibility index (Phi) is 4.50. The Morgan fingerprint density at radius 3 is 2.61 bits per heavy atom. The Morgan fingerprint density at radius 2 is 2.04 bits per heavy atom. The number of amides is 1. The van der Waals surface area contributed by atoms with Crippen LogP contribution in [0.5, 0.6) is 0 Å². The third kappa shape index (κ3) is 3.30. The molecule has 124 valence electrons. The Balaban J connectivity index is 1.74. The molecular formula is C16H20N2O4S. The number of Topliss-reactive ketones (excluding diaryl/α,β-unsaturated/α-hetero) is 1. The summed E-state index contributed by atoms with van der Waals surface area (Å²) in [6, 6.07) is 7.48. The van der Waals surface area contributed by atoms with E-state index in [1.165, 1.54) is 11.8 Å². The van der Waals surface area contributed by atoms with Gasteiger partial charge in [0.1, 0.15) is 0 Å². The molecule has 4 atom stereocenters. The Morgan fingerprint density at radius 1 is 1.35 bits per heavy atom. The molecule has 0 saturated carbocycles. The molecule has 0 spiro atoms. The lowest BCUT2D eigenvalue weighted by Crippen LogP contribution is -2.39. The van der Waals surface area contributed by atoms with Crippen molar-refractivity contribution in [2.75, 3.05) is 23.0 Å². The van der Waals surface area contributed by atoms with Crippen molar-refractivity contribution in [3.8, 4) is 0 Å². The van der Waals surface area contributed by atoms with Crippen LogP contribution in [0.4, 0.5) is 10.5 Å². The molecule has 2 saturated heterocycles. The molecule has 3 rings (SSSR count). The molecule has 0 aliphatic carbocycles. The van der Waals surface area contributed by atoms with Gasteiger partial charge < -0.3 is 10.5 Å². The molecule has 4 unspecified atom stereocenters. The van der Waals surface area contributed by atoms with Gasteiger partial charge in [-0.25, -0.2) is 4.79 Å². The molecular weight excluding hydrogens is 316 g/mol. The molecule has 2 aliphatic heterocycles. The molecule has 6 nitrogen and oxygen atoms in total. The zero-order valence-electron chi connectivity index (χ0n) is 12.9. The molecule has 23 heavy (non-hydrogen) atoms. The number of nitrogens with two attached hydrogens (primary N) is 1. The van der Waals surface area contributed by atoms with Gasteiger partial charge in [-0.1, -0.05) is 12.1 Å². The quantitative estimate of drug-likeness (QED) is 0.895. The van der Waals surface area contributed by atoms with Crippen molar-refractivity contribution in [1.29, 1.82) is 0 Å². The fraction of sp³-hybridized carbons (Fsp3) is 0.500. The minimum Gasteiger partial charge on any atom is -0.436 e. The van der Waals surface area contributed by atoms with Gasteiger partial charge in [-0.05, 0) is 31.0 Å². The lowest BCUT2D eigenvalue weighted by Gasteiger charge is -2.28. The van der Waals surface area contributed by atoms with Gasteiger partial charge in [-0.3, -0.25) is 13.9 Å². The predicted molar refractivity (Wildman–Crippen MR) is 87.9 cm³/mol. The van der Waals surface area contributed by atoms with Gasteiger partial charge in [0.2, 0.25) is 0 Å². The van der Waals surface area contributed by atoms with E-state index in [4.69, 9.17) is 10.5 Å². The largest absolute Gasteiger partial charge is 0.436 e. The highest BCUT2D eigenvalue weighted by Crippen LogP contribution is 2.30. The van der Waals surface area contributed by atoms with E-state index in [-0.39, 0.29) is 24.3 Å². The average Bonchev–Trinajstić information content (AvgIpc) is 2.90. The zero-order valence-corrected chi connectivity index (χ0v) is 13.8. The minimum absolute atomic E-state index is 0.103. The van der Waals surface area contributed by atoms with Gasteiger partial charge >= 0.3 is 6.09 Å². The standard InChI is InChI=1S/C16H20N2O4S/c1-10(19)15-8-18(16(20)22-15)12-4-2-11(3-5-12)13-6-7-23(21)9-14(13)17/h2-5,13-15H,6-9,17H2,1H3. The highest BCUT2D eigenvalue weighted by atomic mass is 32.2. The number of carbonyl (C=O) groups excluding carboxylic acids is 2.